The summed E-state index contributed by atoms with van der Waals surface area (Å²) in [6.07, 6.45) is 1.50. The number of benzene rings is 3. The number of hydrogen-bond donors (Lipinski definition) is 0. The Morgan fingerprint density at radius 3 is 2.65 bits per heavy atom. The van der Waals surface area contributed by atoms with E-state index >= 15 is 0 Å². The molecule has 0 saturated carbocycles. The predicted octanol–water partition coefficient (Wildman–Crippen LogP) is 6.90. The second kappa shape index (κ2) is 8.81. The fourth-order valence-corrected chi connectivity index (χ4v) is 4.76. The number of fused-ring (bicyclic) bond motifs is 1. The van der Waals surface area contributed by atoms with Crippen LogP contribution in [0.15, 0.2) is 82.1 Å². The number of furan rings is 1. The molecular weight excluding hydrogens is 476 g/mol. The fourth-order valence-electron chi connectivity index (χ4n) is 3.76. The first-order valence-electron chi connectivity index (χ1n) is 10.2. The number of carbonyl (C=O) groups is 2. The molecule has 1 aliphatic heterocycles. The lowest BCUT2D eigenvalue weighted by Gasteiger charge is -2.14. The van der Waals surface area contributed by atoms with Gasteiger partial charge >= 0.3 is 0 Å². The Morgan fingerprint density at radius 1 is 1.03 bits per heavy atom. The number of hydrogen-bond acceptors (Lipinski definition) is 6. The normalized spacial score (nSPS) is 15.0. The largest absolute Gasteiger partial charge is 0.457 e. The Balaban J connectivity index is 1.39. The Kier molecular flexibility index (Phi) is 5.69. The summed E-state index contributed by atoms with van der Waals surface area (Å²) in [5.74, 6) is 0.326. The molecule has 0 N–H and O–H groups in total. The van der Waals surface area contributed by atoms with Crippen molar-refractivity contribution in [1.82, 2.24) is 4.90 Å². The van der Waals surface area contributed by atoms with E-state index in [1.807, 2.05) is 42.5 Å². The van der Waals surface area contributed by atoms with Crippen molar-refractivity contribution in [3.63, 3.8) is 0 Å². The highest BCUT2D eigenvalue weighted by Gasteiger charge is 2.35. The summed E-state index contributed by atoms with van der Waals surface area (Å²) in [6, 6.07) is 21.2. The number of nitrogens with zero attached hydrogens (tertiary/aromatic N) is 2. The highest BCUT2D eigenvalue weighted by atomic mass is 35.5. The zero-order valence-electron chi connectivity index (χ0n) is 17.4. The van der Waals surface area contributed by atoms with Gasteiger partial charge in [-0.05, 0) is 52.4 Å². The molecule has 168 valence electrons. The van der Waals surface area contributed by atoms with E-state index in [1.54, 1.807) is 18.2 Å². The lowest BCUT2D eigenvalue weighted by atomic mass is 10.0. The van der Waals surface area contributed by atoms with Crippen LogP contribution >= 0.6 is 23.4 Å². The van der Waals surface area contributed by atoms with Gasteiger partial charge in [-0.1, -0.05) is 54.1 Å². The maximum atomic E-state index is 13.0. The van der Waals surface area contributed by atoms with Gasteiger partial charge in [-0.2, -0.15) is 0 Å². The molecule has 1 saturated heterocycles. The minimum atomic E-state index is -0.568. The number of nitro groups is 1. The van der Waals surface area contributed by atoms with Gasteiger partial charge in [0.2, 0.25) is 0 Å². The molecule has 4 aromatic rings. The average molecular weight is 491 g/mol. The van der Waals surface area contributed by atoms with Crippen molar-refractivity contribution in [3.05, 3.63) is 104 Å². The van der Waals surface area contributed by atoms with Gasteiger partial charge in [0, 0.05) is 17.7 Å². The summed E-state index contributed by atoms with van der Waals surface area (Å²) >= 11 is 6.72. The lowest BCUT2D eigenvalue weighted by molar-refractivity contribution is -0.384. The van der Waals surface area contributed by atoms with Gasteiger partial charge in [-0.3, -0.25) is 24.6 Å². The summed E-state index contributed by atoms with van der Waals surface area (Å²) in [6.45, 7) is 0.168. The molecule has 34 heavy (non-hydrogen) atoms. The van der Waals surface area contributed by atoms with Crippen molar-refractivity contribution in [2.24, 2.45) is 0 Å². The second-order valence-electron chi connectivity index (χ2n) is 7.53. The number of carbonyl (C=O) groups excluding carboxylic acids is 2. The van der Waals surface area contributed by atoms with E-state index in [9.17, 15) is 19.7 Å². The molecule has 0 unspecified atom stereocenters. The van der Waals surface area contributed by atoms with E-state index in [4.69, 9.17) is 16.0 Å². The van der Waals surface area contributed by atoms with Crippen molar-refractivity contribution in [1.29, 1.82) is 0 Å². The van der Waals surface area contributed by atoms with Crippen molar-refractivity contribution in [2.75, 3.05) is 0 Å². The van der Waals surface area contributed by atoms with Gasteiger partial charge in [-0.15, -0.1) is 0 Å². The van der Waals surface area contributed by atoms with Crippen LogP contribution in [0.1, 0.15) is 11.3 Å². The molecule has 0 aliphatic carbocycles. The summed E-state index contributed by atoms with van der Waals surface area (Å²) in [5.41, 5.74) is 1.12. The van der Waals surface area contributed by atoms with Crippen molar-refractivity contribution >= 4 is 57.0 Å². The molecule has 2 heterocycles. The van der Waals surface area contributed by atoms with Crippen LogP contribution in [-0.2, 0) is 11.3 Å². The molecular formula is C25H15ClN2O5S. The quantitative estimate of drug-likeness (QED) is 0.171. The number of halogens is 1. The van der Waals surface area contributed by atoms with Gasteiger partial charge in [0.15, 0.2) is 0 Å². The van der Waals surface area contributed by atoms with Crippen LogP contribution in [0.25, 0.3) is 28.2 Å². The molecule has 1 aromatic heterocycles. The fraction of sp³-hybridized carbons (Fsp3) is 0.0400. The highest BCUT2D eigenvalue weighted by Crippen LogP contribution is 2.36. The Labute approximate surface area is 202 Å². The third-order valence-electron chi connectivity index (χ3n) is 5.41. The minimum absolute atomic E-state index is 0.0281. The summed E-state index contributed by atoms with van der Waals surface area (Å²) in [7, 11) is 0. The highest BCUT2D eigenvalue weighted by molar-refractivity contribution is 8.18. The van der Waals surface area contributed by atoms with E-state index in [-0.39, 0.29) is 27.4 Å². The number of thioether (sulfide) groups is 1. The van der Waals surface area contributed by atoms with E-state index < -0.39 is 10.8 Å². The monoisotopic (exact) mass is 490 g/mol. The van der Waals surface area contributed by atoms with E-state index in [0.29, 0.717) is 17.1 Å². The Hall–Kier alpha value is -3.88. The van der Waals surface area contributed by atoms with Crippen LogP contribution in [-0.4, -0.2) is 21.0 Å². The number of imide groups is 1. The van der Waals surface area contributed by atoms with Gasteiger partial charge in [-0.25, -0.2) is 0 Å². The van der Waals surface area contributed by atoms with Gasteiger partial charge in [0.1, 0.15) is 16.5 Å². The molecule has 0 atom stereocenters. The third kappa shape index (κ3) is 4.09. The van der Waals surface area contributed by atoms with Crippen LogP contribution in [0.2, 0.25) is 5.02 Å². The molecule has 1 fully saturated rings. The Bertz CT molecular complexity index is 1500. The van der Waals surface area contributed by atoms with Crippen LogP contribution in [0.5, 0.6) is 0 Å². The first kappa shape index (κ1) is 21.9. The molecule has 5 rings (SSSR count). The maximum absolute atomic E-state index is 13.0. The number of amides is 2. The van der Waals surface area contributed by atoms with E-state index in [2.05, 4.69) is 0 Å². The standard InChI is InChI=1S/C25H15ClN2O5S/c26-20-10-8-16(12-21(20)28(31)32)22-11-9-18(33-22)13-23-24(29)27(25(30)34-23)14-17-6-3-5-15-4-1-2-7-19(15)17/h1-13H,14H2/b23-13+. The van der Waals surface area contributed by atoms with Gasteiger partial charge in [0.05, 0.1) is 16.4 Å². The molecule has 7 nitrogen and oxygen atoms in total. The number of rotatable bonds is 5. The summed E-state index contributed by atoms with van der Waals surface area (Å²) < 4.78 is 5.76. The van der Waals surface area contributed by atoms with E-state index in [0.717, 1.165) is 28.1 Å². The topological polar surface area (TPSA) is 93.7 Å². The summed E-state index contributed by atoms with van der Waals surface area (Å²) in [5, 5.41) is 12.8. The minimum Gasteiger partial charge on any atom is -0.457 e. The van der Waals surface area contributed by atoms with Crippen molar-refractivity contribution in [3.8, 4) is 11.3 Å². The maximum Gasteiger partial charge on any atom is 0.293 e. The zero-order valence-corrected chi connectivity index (χ0v) is 19.0. The zero-order chi connectivity index (χ0) is 23.8. The van der Waals surface area contributed by atoms with Crippen LogP contribution < -0.4 is 0 Å². The van der Waals surface area contributed by atoms with Crippen molar-refractivity contribution in [2.45, 2.75) is 6.54 Å². The van der Waals surface area contributed by atoms with E-state index in [1.165, 1.54) is 23.1 Å². The van der Waals surface area contributed by atoms with Crippen LogP contribution in [0, 0.1) is 10.1 Å². The SMILES string of the molecule is O=C1S/C(=C/c2ccc(-c3ccc(Cl)c([N+](=O)[O-])c3)o2)C(=O)N1Cc1cccc2ccccc12. The first-order valence-corrected chi connectivity index (χ1v) is 11.4. The first-order chi connectivity index (χ1) is 16.4. The average Bonchev–Trinajstić information content (AvgIpc) is 3.39. The molecule has 9 heteroatoms. The lowest BCUT2D eigenvalue weighted by Crippen LogP contribution is -2.27. The van der Waals surface area contributed by atoms with Crippen molar-refractivity contribution < 1.29 is 18.9 Å². The number of nitro benzene ring substituents is 1. The van der Waals surface area contributed by atoms with Crippen LogP contribution in [0.3, 0.4) is 0 Å². The molecule has 0 spiro atoms. The van der Waals surface area contributed by atoms with Gasteiger partial charge < -0.3 is 4.42 Å². The summed E-state index contributed by atoms with van der Waals surface area (Å²) in [4.78, 5) is 37.6. The third-order valence-corrected chi connectivity index (χ3v) is 6.64. The van der Waals surface area contributed by atoms with Gasteiger partial charge in [0.25, 0.3) is 16.8 Å². The molecule has 2 amide bonds. The smallest absolute Gasteiger partial charge is 0.293 e. The molecule has 3 aromatic carbocycles. The predicted molar refractivity (Wildman–Crippen MR) is 131 cm³/mol. The van der Waals surface area contributed by atoms with Crippen LogP contribution in [0.4, 0.5) is 10.5 Å². The second-order valence-corrected chi connectivity index (χ2v) is 8.93. The molecule has 0 bridgehead atoms. The molecule has 0 radical (unpaired) electrons. The Morgan fingerprint density at radius 2 is 1.82 bits per heavy atom. The molecule has 1 aliphatic rings.